The average Bonchev–Trinajstić information content (AvgIpc) is 2.47. The third-order valence-electron chi connectivity index (χ3n) is 3.83. The Morgan fingerprint density at radius 3 is 2.55 bits per heavy atom. The second-order valence-corrected chi connectivity index (χ2v) is 7.64. The summed E-state index contributed by atoms with van der Waals surface area (Å²) in [6, 6.07) is 12.3. The van der Waals surface area contributed by atoms with Crippen LogP contribution in [0.25, 0.3) is 0 Å². The lowest BCUT2D eigenvalue weighted by Crippen LogP contribution is -2.17. The molecule has 0 unspecified atom stereocenters. The van der Waals surface area contributed by atoms with Crippen LogP contribution >= 0.6 is 0 Å². The van der Waals surface area contributed by atoms with Crippen molar-refractivity contribution >= 4 is 21.4 Å². The number of rotatable bonds is 2. The Balaban J connectivity index is 1.85. The molecule has 2 aromatic rings. The van der Waals surface area contributed by atoms with E-state index in [9.17, 15) is 13.2 Å². The third-order valence-corrected chi connectivity index (χ3v) is 5.72. The Kier molecular flexibility index (Phi) is 3.74. The van der Waals surface area contributed by atoms with E-state index in [1.165, 1.54) is 0 Å². The molecule has 0 radical (unpaired) electrons. The summed E-state index contributed by atoms with van der Waals surface area (Å²) in [5.41, 5.74) is 3.08. The molecule has 1 aliphatic rings. The van der Waals surface area contributed by atoms with Crippen molar-refractivity contribution in [3.05, 3.63) is 59.2 Å². The number of carbonyl (C=O) groups is 1. The van der Waals surface area contributed by atoms with E-state index in [-0.39, 0.29) is 11.7 Å². The fourth-order valence-electron chi connectivity index (χ4n) is 2.63. The van der Waals surface area contributed by atoms with Gasteiger partial charge in [-0.3, -0.25) is 4.79 Å². The molecule has 1 heterocycles. The van der Waals surface area contributed by atoms with E-state index < -0.39 is 9.84 Å². The number of sulfone groups is 1. The van der Waals surface area contributed by atoms with Crippen molar-refractivity contribution in [2.75, 3.05) is 11.1 Å². The van der Waals surface area contributed by atoms with Crippen molar-refractivity contribution < 1.29 is 13.2 Å². The van der Waals surface area contributed by atoms with Gasteiger partial charge in [0.1, 0.15) is 0 Å². The largest absolute Gasteiger partial charge is 0.322 e. The maximum absolute atomic E-state index is 12.2. The van der Waals surface area contributed by atoms with Crippen LogP contribution in [-0.4, -0.2) is 20.1 Å². The first-order valence-corrected chi connectivity index (χ1v) is 8.85. The minimum atomic E-state index is -3.16. The van der Waals surface area contributed by atoms with Gasteiger partial charge in [-0.15, -0.1) is 0 Å². The normalized spacial score (nSPS) is 15.9. The molecular weight excluding hydrogens is 298 g/mol. The number of anilines is 1. The molecule has 0 aromatic heterocycles. The second-order valence-electron chi connectivity index (χ2n) is 5.57. The SMILES string of the molecule is Cc1ccc(C(=O)Nc2ccc3c(c2)CCCS3(=O)=O)cc1. The number of amides is 1. The van der Waals surface area contributed by atoms with Crippen LogP contribution in [-0.2, 0) is 16.3 Å². The monoisotopic (exact) mass is 315 g/mol. The maximum Gasteiger partial charge on any atom is 0.255 e. The standard InChI is InChI=1S/C17H17NO3S/c1-12-4-6-13(7-5-12)17(19)18-15-8-9-16-14(11-15)3-2-10-22(16,20)21/h4-9,11H,2-3,10H2,1H3,(H,18,19). The predicted octanol–water partition coefficient (Wildman–Crippen LogP) is 2.97. The number of hydrogen-bond acceptors (Lipinski definition) is 3. The second kappa shape index (κ2) is 5.57. The first kappa shape index (κ1) is 14.8. The number of fused-ring (bicyclic) bond motifs is 1. The first-order valence-electron chi connectivity index (χ1n) is 7.19. The van der Waals surface area contributed by atoms with Crippen LogP contribution in [0.1, 0.15) is 27.9 Å². The van der Waals surface area contributed by atoms with E-state index in [1.54, 1.807) is 30.3 Å². The number of aryl methyl sites for hydroxylation is 2. The molecule has 1 aliphatic heterocycles. The minimum Gasteiger partial charge on any atom is -0.322 e. The fraction of sp³-hybridized carbons (Fsp3) is 0.235. The zero-order chi connectivity index (χ0) is 15.7. The van der Waals surface area contributed by atoms with E-state index in [1.807, 2.05) is 19.1 Å². The molecule has 0 aliphatic carbocycles. The van der Waals surface area contributed by atoms with Crippen molar-refractivity contribution in [3.8, 4) is 0 Å². The molecule has 3 rings (SSSR count). The molecule has 5 heteroatoms. The van der Waals surface area contributed by atoms with E-state index in [0.29, 0.717) is 22.6 Å². The van der Waals surface area contributed by atoms with Gasteiger partial charge in [-0.1, -0.05) is 17.7 Å². The maximum atomic E-state index is 12.2. The zero-order valence-corrected chi connectivity index (χ0v) is 13.1. The molecule has 4 nitrogen and oxygen atoms in total. The fourth-order valence-corrected chi connectivity index (χ4v) is 4.21. The molecule has 0 atom stereocenters. The van der Waals surface area contributed by atoms with Crippen LogP contribution < -0.4 is 5.32 Å². The van der Waals surface area contributed by atoms with Crippen molar-refractivity contribution in [2.24, 2.45) is 0 Å². The van der Waals surface area contributed by atoms with Crippen LogP contribution in [0.5, 0.6) is 0 Å². The van der Waals surface area contributed by atoms with Gasteiger partial charge in [0.15, 0.2) is 9.84 Å². The highest BCUT2D eigenvalue weighted by Crippen LogP contribution is 2.27. The smallest absolute Gasteiger partial charge is 0.255 e. The van der Waals surface area contributed by atoms with Crippen molar-refractivity contribution in [1.82, 2.24) is 0 Å². The first-order chi connectivity index (χ1) is 10.5. The molecule has 0 saturated carbocycles. The summed E-state index contributed by atoms with van der Waals surface area (Å²) in [4.78, 5) is 12.6. The highest BCUT2D eigenvalue weighted by Gasteiger charge is 2.23. The van der Waals surface area contributed by atoms with Crippen LogP contribution in [0, 0.1) is 6.92 Å². The summed E-state index contributed by atoms with van der Waals surface area (Å²) in [7, 11) is -3.16. The van der Waals surface area contributed by atoms with Gasteiger partial charge in [0, 0.05) is 11.3 Å². The van der Waals surface area contributed by atoms with Crippen molar-refractivity contribution in [1.29, 1.82) is 0 Å². The van der Waals surface area contributed by atoms with E-state index in [2.05, 4.69) is 5.32 Å². The highest BCUT2D eigenvalue weighted by atomic mass is 32.2. The van der Waals surface area contributed by atoms with Gasteiger partial charge in [-0.2, -0.15) is 0 Å². The minimum absolute atomic E-state index is 0.196. The summed E-state index contributed by atoms with van der Waals surface area (Å²) in [6.07, 6.45) is 1.35. The molecule has 22 heavy (non-hydrogen) atoms. The van der Waals surface area contributed by atoms with Gasteiger partial charge in [-0.05, 0) is 55.7 Å². The lowest BCUT2D eigenvalue weighted by atomic mass is 10.1. The lowest BCUT2D eigenvalue weighted by Gasteiger charge is -2.17. The molecule has 0 bridgehead atoms. The van der Waals surface area contributed by atoms with Gasteiger partial charge >= 0.3 is 0 Å². The van der Waals surface area contributed by atoms with E-state index >= 15 is 0 Å². The third kappa shape index (κ3) is 2.90. The molecular formula is C17H17NO3S. The van der Waals surface area contributed by atoms with Crippen molar-refractivity contribution in [3.63, 3.8) is 0 Å². The van der Waals surface area contributed by atoms with Gasteiger partial charge in [0.05, 0.1) is 10.6 Å². The van der Waals surface area contributed by atoms with Crippen molar-refractivity contribution in [2.45, 2.75) is 24.7 Å². The summed E-state index contributed by atoms with van der Waals surface area (Å²) in [6.45, 7) is 1.96. The Labute approximate surface area is 130 Å². The quantitative estimate of drug-likeness (QED) is 0.926. The van der Waals surface area contributed by atoms with Gasteiger partial charge in [0.2, 0.25) is 0 Å². The Morgan fingerprint density at radius 2 is 1.82 bits per heavy atom. The van der Waals surface area contributed by atoms with Gasteiger partial charge < -0.3 is 5.32 Å². The molecule has 1 N–H and O–H groups in total. The lowest BCUT2D eigenvalue weighted by molar-refractivity contribution is 0.102. The van der Waals surface area contributed by atoms with Crippen LogP contribution in [0.2, 0.25) is 0 Å². The van der Waals surface area contributed by atoms with E-state index in [4.69, 9.17) is 0 Å². The average molecular weight is 315 g/mol. The Hall–Kier alpha value is -2.14. The number of nitrogens with one attached hydrogen (secondary N) is 1. The summed E-state index contributed by atoms with van der Waals surface area (Å²) in [5, 5.41) is 2.82. The molecule has 114 valence electrons. The molecule has 0 fully saturated rings. The zero-order valence-electron chi connectivity index (χ0n) is 12.3. The molecule has 0 spiro atoms. The molecule has 0 saturated heterocycles. The summed E-state index contributed by atoms with van der Waals surface area (Å²) >= 11 is 0. The van der Waals surface area contributed by atoms with Crippen LogP contribution in [0.3, 0.4) is 0 Å². The number of carbonyl (C=O) groups excluding carboxylic acids is 1. The highest BCUT2D eigenvalue weighted by molar-refractivity contribution is 7.91. The molecule has 2 aromatic carbocycles. The summed E-state index contributed by atoms with van der Waals surface area (Å²) < 4.78 is 23.9. The van der Waals surface area contributed by atoms with Gasteiger partial charge in [0.25, 0.3) is 5.91 Å². The number of hydrogen-bond donors (Lipinski definition) is 1. The Morgan fingerprint density at radius 1 is 1.09 bits per heavy atom. The number of benzene rings is 2. The topological polar surface area (TPSA) is 63.2 Å². The predicted molar refractivity (Wildman–Crippen MR) is 85.9 cm³/mol. The molecule has 1 amide bonds. The van der Waals surface area contributed by atoms with Crippen LogP contribution in [0.4, 0.5) is 5.69 Å². The van der Waals surface area contributed by atoms with E-state index in [0.717, 1.165) is 17.5 Å². The Bertz CT molecular complexity index is 823. The van der Waals surface area contributed by atoms with Gasteiger partial charge in [-0.25, -0.2) is 8.42 Å². The van der Waals surface area contributed by atoms with Crippen LogP contribution in [0.15, 0.2) is 47.4 Å². The summed E-state index contributed by atoms with van der Waals surface area (Å²) in [5.74, 6) is 0.00772.